The second-order valence-corrected chi connectivity index (χ2v) is 6.99. The maximum Gasteiger partial charge on any atom is 0.234 e. The van der Waals surface area contributed by atoms with Gasteiger partial charge in [0.25, 0.3) is 0 Å². The zero-order valence-corrected chi connectivity index (χ0v) is 15.2. The maximum atomic E-state index is 11.7. The number of piperidine rings is 1. The number of aliphatic hydroxyl groups excluding tert-OH is 1. The van der Waals surface area contributed by atoms with Gasteiger partial charge in [-0.15, -0.1) is 0 Å². The van der Waals surface area contributed by atoms with E-state index in [1.807, 2.05) is 30.3 Å². The number of hydrogen-bond acceptors (Lipinski definition) is 5. The number of carbonyl (C=O) groups excluding carboxylic acids is 1. The molecule has 1 saturated heterocycles. The quantitative estimate of drug-likeness (QED) is 0.622. The average Bonchev–Trinajstić information content (AvgIpc) is 2.60. The normalized spacial score (nSPS) is 22.7. The molecule has 2 rings (SSSR count). The molecule has 6 heteroatoms. The molecule has 140 valence electrons. The number of carbonyl (C=O) groups is 1. The van der Waals surface area contributed by atoms with Crippen molar-refractivity contribution in [3.8, 4) is 5.75 Å². The molecule has 0 aromatic heterocycles. The van der Waals surface area contributed by atoms with Gasteiger partial charge >= 0.3 is 0 Å². The van der Waals surface area contributed by atoms with Crippen molar-refractivity contribution in [2.45, 2.75) is 57.3 Å². The molecular weight excluding hydrogens is 318 g/mol. The maximum absolute atomic E-state index is 11.7. The number of benzene rings is 1. The van der Waals surface area contributed by atoms with Crippen molar-refractivity contribution in [2.75, 3.05) is 19.7 Å². The Bertz CT molecular complexity index is 524. The summed E-state index contributed by atoms with van der Waals surface area (Å²) in [5, 5.41) is 13.5. The van der Waals surface area contributed by atoms with Crippen LogP contribution in [0.5, 0.6) is 5.75 Å². The number of nitrogens with zero attached hydrogens (tertiary/aromatic N) is 1. The van der Waals surface area contributed by atoms with E-state index in [9.17, 15) is 9.90 Å². The topological polar surface area (TPSA) is 87.8 Å². The first kappa shape index (κ1) is 19.7. The lowest BCUT2D eigenvalue weighted by molar-refractivity contribution is -0.125. The highest BCUT2D eigenvalue weighted by atomic mass is 16.5. The lowest BCUT2D eigenvalue weighted by atomic mass is 9.95. The van der Waals surface area contributed by atoms with Gasteiger partial charge in [-0.1, -0.05) is 18.2 Å². The third-order valence-corrected chi connectivity index (χ3v) is 4.73. The standard InChI is InChI=1S/C19H31N3O3/c1-14(2)22-11-9-15(12-18(22)19(20)24)21-10-8-16(23)13-25-17-6-4-3-5-7-17/h3-7,14-16,18,21,23H,8-13H2,1-2H3,(H2,20,24). The van der Waals surface area contributed by atoms with Crippen molar-refractivity contribution in [3.05, 3.63) is 30.3 Å². The molecule has 1 heterocycles. The van der Waals surface area contributed by atoms with Crippen LogP contribution in [0.1, 0.15) is 33.1 Å². The van der Waals surface area contributed by atoms with Gasteiger partial charge in [-0.3, -0.25) is 9.69 Å². The van der Waals surface area contributed by atoms with E-state index in [1.165, 1.54) is 0 Å². The summed E-state index contributed by atoms with van der Waals surface area (Å²) in [6.07, 6.45) is 1.80. The summed E-state index contributed by atoms with van der Waals surface area (Å²) < 4.78 is 5.55. The third kappa shape index (κ3) is 6.30. The molecular formula is C19H31N3O3. The molecule has 1 aromatic rings. The molecule has 25 heavy (non-hydrogen) atoms. The van der Waals surface area contributed by atoms with Crippen molar-refractivity contribution in [2.24, 2.45) is 5.73 Å². The van der Waals surface area contributed by atoms with Crippen LogP contribution in [0.4, 0.5) is 0 Å². The smallest absolute Gasteiger partial charge is 0.234 e. The molecule has 1 aliphatic rings. The summed E-state index contributed by atoms with van der Waals surface area (Å²) in [7, 11) is 0. The summed E-state index contributed by atoms with van der Waals surface area (Å²) in [6.45, 7) is 6.01. The van der Waals surface area contributed by atoms with Gasteiger partial charge in [0.15, 0.2) is 0 Å². The van der Waals surface area contributed by atoms with Gasteiger partial charge in [-0.2, -0.15) is 0 Å². The number of rotatable bonds is 9. The molecule has 0 saturated carbocycles. The Hall–Kier alpha value is -1.63. The molecule has 3 unspecified atom stereocenters. The van der Waals surface area contributed by atoms with Crippen molar-refractivity contribution < 1.29 is 14.6 Å². The fourth-order valence-electron chi connectivity index (χ4n) is 3.31. The SMILES string of the molecule is CC(C)N1CCC(NCCC(O)COc2ccccc2)CC1C(N)=O. The van der Waals surface area contributed by atoms with E-state index in [0.29, 0.717) is 19.0 Å². The fraction of sp³-hybridized carbons (Fsp3) is 0.632. The van der Waals surface area contributed by atoms with Crippen LogP contribution >= 0.6 is 0 Å². The van der Waals surface area contributed by atoms with E-state index in [2.05, 4.69) is 24.1 Å². The highest BCUT2D eigenvalue weighted by molar-refractivity contribution is 5.80. The Balaban J connectivity index is 1.68. The minimum Gasteiger partial charge on any atom is -0.491 e. The molecule has 0 aliphatic carbocycles. The zero-order valence-electron chi connectivity index (χ0n) is 15.2. The summed E-state index contributed by atoms with van der Waals surface area (Å²) >= 11 is 0. The van der Waals surface area contributed by atoms with Crippen LogP contribution in [0.2, 0.25) is 0 Å². The van der Waals surface area contributed by atoms with Crippen LogP contribution in [0, 0.1) is 0 Å². The highest BCUT2D eigenvalue weighted by Gasteiger charge is 2.33. The van der Waals surface area contributed by atoms with E-state index >= 15 is 0 Å². The van der Waals surface area contributed by atoms with E-state index in [1.54, 1.807) is 0 Å². The zero-order chi connectivity index (χ0) is 18.2. The molecule has 1 amide bonds. The number of likely N-dealkylation sites (tertiary alicyclic amines) is 1. The molecule has 1 fully saturated rings. The van der Waals surface area contributed by atoms with Gasteiger partial charge in [0.05, 0.1) is 12.1 Å². The summed E-state index contributed by atoms with van der Waals surface area (Å²) in [5.41, 5.74) is 5.56. The lowest BCUT2D eigenvalue weighted by Crippen LogP contribution is -2.56. The summed E-state index contributed by atoms with van der Waals surface area (Å²) in [6, 6.07) is 9.85. The third-order valence-electron chi connectivity index (χ3n) is 4.73. The van der Waals surface area contributed by atoms with Crippen LogP contribution in [0.3, 0.4) is 0 Å². The number of amides is 1. The number of aliphatic hydroxyl groups is 1. The van der Waals surface area contributed by atoms with Gasteiger partial charge in [0, 0.05) is 18.6 Å². The molecule has 6 nitrogen and oxygen atoms in total. The van der Waals surface area contributed by atoms with Crippen molar-refractivity contribution in [3.63, 3.8) is 0 Å². The second-order valence-electron chi connectivity index (χ2n) is 6.99. The molecule has 0 bridgehead atoms. The number of nitrogens with one attached hydrogen (secondary N) is 1. The Morgan fingerprint density at radius 2 is 2.12 bits per heavy atom. The van der Waals surface area contributed by atoms with E-state index < -0.39 is 6.10 Å². The first-order chi connectivity index (χ1) is 12.0. The minimum absolute atomic E-state index is 0.211. The molecule has 1 aromatic carbocycles. The van der Waals surface area contributed by atoms with E-state index in [-0.39, 0.29) is 24.6 Å². The number of para-hydroxylation sites is 1. The number of primary amides is 1. The highest BCUT2D eigenvalue weighted by Crippen LogP contribution is 2.20. The van der Waals surface area contributed by atoms with Gasteiger partial charge in [0.1, 0.15) is 12.4 Å². The van der Waals surface area contributed by atoms with E-state index in [4.69, 9.17) is 10.5 Å². The average molecular weight is 349 g/mol. The molecule has 1 aliphatic heterocycles. The Labute approximate surface area is 150 Å². The van der Waals surface area contributed by atoms with Gasteiger partial charge < -0.3 is 20.9 Å². The molecule has 0 spiro atoms. The minimum atomic E-state index is -0.518. The fourth-order valence-corrected chi connectivity index (χ4v) is 3.31. The first-order valence-electron chi connectivity index (χ1n) is 9.11. The number of ether oxygens (including phenoxy) is 1. The predicted molar refractivity (Wildman–Crippen MR) is 98.4 cm³/mol. The number of hydrogen-bond donors (Lipinski definition) is 3. The van der Waals surface area contributed by atoms with Crippen LogP contribution < -0.4 is 15.8 Å². The predicted octanol–water partition coefficient (Wildman–Crippen LogP) is 1.13. The number of nitrogens with two attached hydrogens (primary N) is 1. The Morgan fingerprint density at radius 3 is 2.76 bits per heavy atom. The van der Waals surface area contributed by atoms with Crippen LogP contribution in [0.15, 0.2) is 30.3 Å². The van der Waals surface area contributed by atoms with Crippen molar-refractivity contribution in [1.82, 2.24) is 10.2 Å². The Kier molecular flexibility index (Phi) is 7.68. The molecule has 3 atom stereocenters. The summed E-state index contributed by atoms with van der Waals surface area (Å²) in [5.74, 6) is 0.511. The largest absolute Gasteiger partial charge is 0.491 e. The van der Waals surface area contributed by atoms with Crippen molar-refractivity contribution in [1.29, 1.82) is 0 Å². The summed E-state index contributed by atoms with van der Waals surface area (Å²) in [4.78, 5) is 13.9. The van der Waals surface area contributed by atoms with Gasteiger partial charge in [-0.25, -0.2) is 0 Å². The van der Waals surface area contributed by atoms with Crippen LogP contribution in [-0.4, -0.2) is 59.8 Å². The van der Waals surface area contributed by atoms with E-state index in [0.717, 1.165) is 25.1 Å². The first-order valence-corrected chi connectivity index (χ1v) is 9.11. The second kappa shape index (κ2) is 9.75. The van der Waals surface area contributed by atoms with Gasteiger partial charge in [0.2, 0.25) is 5.91 Å². The lowest BCUT2D eigenvalue weighted by Gasteiger charge is -2.40. The monoisotopic (exact) mass is 349 g/mol. The Morgan fingerprint density at radius 1 is 1.40 bits per heavy atom. The van der Waals surface area contributed by atoms with Crippen molar-refractivity contribution >= 4 is 5.91 Å². The molecule has 4 N–H and O–H groups in total. The van der Waals surface area contributed by atoms with Crippen LogP contribution in [-0.2, 0) is 4.79 Å². The van der Waals surface area contributed by atoms with Crippen LogP contribution in [0.25, 0.3) is 0 Å². The van der Waals surface area contributed by atoms with Gasteiger partial charge in [-0.05, 0) is 51.8 Å². The molecule has 0 radical (unpaired) electrons.